The standard InChI is InChI=1S/C14H17ClF2N4O2S2/c1-18-4-2-3-5-19-11-7-10(16)12(6-9(11)15)25(22,23)21-14-20-8-13(17)24-14/h6-8,18-19H,2-5H2,1H3,(H,20,21). The second-order valence-electron chi connectivity index (χ2n) is 5.07. The number of thiazole rings is 1. The molecule has 0 atom stereocenters. The third-order valence-corrected chi connectivity index (χ3v) is 5.68. The monoisotopic (exact) mass is 410 g/mol. The number of rotatable bonds is 9. The van der Waals surface area contributed by atoms with Gasteiger partial charge in [-0.3, -0.25) is 4.72 Å². The van der Waals surface area contributed by atoms with E-state index in [2.05, 4.69) is 15.6 Å². The summed E-state index contributed by atoms with van der Waals surface area (Å²) in [5, 5.41) is 5.20. The van der Waals surface area contributed by atoms with E-state index in [0.29, 0.717) is 23.6 Å². The Morgan fingerprint density at radius 1 is 1.24 bits per heavy atom. The van der Waals surface area contributed by atoms with Gasteiger partial charge in [-0.2, -0.15) is 4.39 Å². The maximum atomic E-state index is 14.2. The van der Waals surface area contributed by atoms with E-state index >= 15 is 0 Å². The first-order valence-corrected chi connectivity index (χ1v) is 10.0. The minimum Gasteiger partial charge on any atom is -0.384 e. The number of halogens is 3. The molecule has 0 bridgehead atoms. The highest BCUT2D eigenvalue weighted by molar-refractivity contribution is 7.93. The van der Waals surface area contributed by atoms with Crippen molar-refractivity contribution in [2.75, 3.05) is 30.2 Å². The van der Waals surface area contributed by atoms with E-state index in [1.165, 1.54) is 0 Å². The van der Waals surface area contributed by atoms with Gasteiger partial charge in [-0.25, -0.2) is 17.8 Å². The van der Waals surface area contributed by atoms with Crippen LogP contribution in [-0.2, 0) is 10.0 Å². The number of benzene rings is 1. The van der Waals surface area contributed by atoms with Gasteiger partial charge in [0.2, 0.25) is 0 Å². The van der Waals surface area contributed by atoms with Gasteiger partial charge in [-0.05, 0) is 38.6 Å². The number of nitrogens with zero attached hydrogens (tertiary/aromatic N) is 1. The molecule has 25 heavy (non-hydrogen) atoms. The van der Waals surface area contributed by atoms with Crippen LogP contribution in [0.15, 0.2) is 23.2 Å². The minimum atomic E-state index is -4.27. The van der Waals surface area contributed by atoms with Crippen molar-refractivity contribution >= 4 is 43.8 Å². The third-order valence-electron chi connectivity index (χ3n) is 3.18. The van der Waals surface area contributed by atoms with E-state index in [0.717, 1.165) is 37.7 Å². The molecule has 0 unspecified atom stereocenters. The fourth-order valence-corrected chi connectivity index (χ4v) is 4.16. The highest BCUT2D eigenvalue weighted by Crippen LogP contribution is 2.29. The number of anilines is 2. The Kier molecular flexibility index (Phi) is 6.94. The molecule has 0 aliphatic heterocycles. The van der Waals surface area contributed by atoms with Gasteiger partial charge >= 0.3 is 0 Å². The van der Waals surface area contributed by atoms with Crippen molar-refractivity contribution in [1.29, 1.82) is 0 Å². The summed E-state index contributed by atoms with van der Waals surface area (Å²) < 4.78 is 53.6. The lowest BCUT2D eigenvalue weighted by Gasteiger charge is -2.12. The Bertz CT molecular complexity index is 830. The number of sulfonamides is 1. The molecule has 0 saturated heterocycles. The van der Waals surface area contributed by atoms with Gasteiger partial charge in [0.05, 0.1) is 16.9 Å². The van der Waals surface area contributed by atoms with Crippen LogP contribution in [0.25, 0.3) is 0 Å². The van der Waals surface area contributed by atoms with E-state index in [-0.39, 0.29) is 10.2 Å². The van der Waals surface area contributed by atoms with Crippen LogP contribution in [-0.4, -0.2) is 33.5 Å². The molecule has 2 rings (SSSR count). The largest absolute Gasteiger partial charge is 0.384 e. The van der Waals surface area contributed by atoms with Gasteiger partial charge in [-0.15, -0.1) is 0 Å². The summed E-state index contributed by atoms with van der Waals surface area (Å²) in [6.07, 6.45) is 2.65. The van der Waals surface area contributed by atoms with Gasteiger partial charge in [-0.1, -0.05) is 22.9 Å². The molecule has 138 valence electrons. The topological polar surface area (TPSA) is 83.1 Å². The van der Waals surface area contributed by atoms with E-state index in [9.17, 15) is 17.2 Å². The van der Waals surface area contributed by atoms with E-state index < -0.39 is 25.9 Å². The molecule has 3 N–H and O–H groups in total. The molecule has 1 aromatic heterocycles. The van der Waals surface area contributed by atoms with Gasteiger partial charge in [0.15, 0.2) is 10.3 Å². The van der Waals surface area contributed by atoms with Crippen molar-refractivity contribution in [3.63, 3.8) is 0 Å². The van der Waals surface area contributed by atoms with Crippen molar-refractivity contribution in [3.8, 4) is 0 Å². The molecule has 0 spiro atoms. The first-order valence-electron chi connectivity index (χ1n) is 7.35. The van der Waals surface area contributed by atoms with Crippen LogP contribution in [0.3, 0.4) is 0 Å². The van der Waals surface area contributed by atoms with Crippen LogP contribution in [0.2, 0.25) is 5.02 Å². The molecule has 1 aromatic carbocycles. The summed E-state index contributed by atoms with van der Waals surface area (Å²) in [4.78, 5) is 2.91. The second-order valence-corrected chi connectivity index (χ2v) is 8.11. The van der Waals surface area contributed by atoms with Crippen LogP contribution in [0.1, 0.15) is 12.8 Å². The highest BCUT2D eigenvalue weighted by Gasteiger charge is 2.22. The lowest BCUT2D eigenvalue weighted by Crippen LogP contribution is -2.15. The van der Waals surface area contributed by atoms with Crippen LogP contribution in [0.4, 0.5) is 19.6 Å². The molecule has 0 amide bonds. The maximum Gasteiger partial charge on any atom is 0.266 e. The van der Waals surface area contributed by atoms with Gasteiger partial charge < -0.3 is 10.6 Å². The maximum absolute atomic E-state index is 14.2. The molecule has 0 aliphatic carbocycles. The normalized spacial score (nSPS) is 11.5. The summed E-state index contributed by atoms with van der Waals surface area (Å²) in [6.45, 7) is 1.44. The summed E-state index contributed by atoms with van der Waals surface area (Å²) >= 11 is 6.55. The van der Waals surface area contributed by atoms with Crippen LogP contribution in [0.5, 0.6) is 0 Å². The minimum absolute atomic E-state index is 0.0701. The predicted molar refractivity (Wildman–Crippen MR) is 95.9 cm³/mol. The summed E-state index contributed by atoms with van der Waals surface area (Å²) in [5.41, 5.74) is 0.308. The summed E-state index contributed by atoms with van der Waals surface area (Å²) in [6, 6.07) is 2.04. The Morgan fingerprint density at radius 3 is 2.60 bits per heavy atom. The molecule has 0 saturated carbocycles. The molecule has 11 heteroatoms. The van der Waals surface area contributed by atoms with E-state index in [4.69, 9.17) is 11.6 Å². The lowest BCUT2D eigenvalue weighted by atomic mass is 10.2. The third kappa shape index (κ3) is 5.50. The Balaban J connectivity index is 2.12. The molecule has 0 radical (unpaired) electrons. The van der Waals surface area contributed by atoms with Crippen molar-refractivity contribution in [2.45, 2.75) is 17.7 Å². The summed E-state index contributed by atoms with van der Waals surface area (Å²) in [7, 11) is -2.41. The number of hydrogen-bond donors (Lipinski definition) is 3. The SMILES string of the molecule is CNCCCCNc1cc(F)c(S(=O)(=O)Nc2ncc(F)s2)cc1Cl. The molecule has 6 nitrogen and oxygen atoms in total. The smallest absolute Gasteiger partial charge is 0.266 e. The zero-order valence-corrected chi connectivity index (χ0v) is 15.7. The Hall–Kier alpha value is -1.49. The van der Waals surface area contributed by atoms with Crippen molar-refractivity contribution < 1.29 is 17.2 Å². The Labute approximate surface area is 153 Å². The van der Waals surface area contributed by atoms with Crippen molar-refractivity contribution in [3.05, 3.63) is 34.3 Å². The van der Waals surface area contributed by atoms with E-state index in [1.807, 2.05) is 11.8 Å². The van der Waals surface area contributed by atoms with E-state index in [1.54, 1.807) is 0 Å². The van der Waals surface area contributed by atoms with Crippen molar-refractivity contribution in [1.82, 2.24) is 10.3 Å². The van der Waals surface area contributed by atoms with Gasteiger partial charge in [0.25, 0.3) is 10.0 Å². The molecular weight excluding hydrogens is 394 g/mol. The second kappa shape index (κ2) is 8.75. The first-order chi connectivity index (χ1) is 11.8. The average molecular weight is 411 g/mol. The zero-order valence-electron chi connectivity index (χ0n) is 13.3. The molecule has 2 aromatic rings. The quantitative estimate of drug-likeness (QED) is 0.552. The fourth-order valence-electron chi connectivity index (χ4n) is 1.99. The summed E-state index contributed by atoms with van der Waals surface area (Å²) in [5.74, 6) is -0.966. The first kappa shape index (κ1) is 19.8. The van der Waals surface area contributed by atoms with Crippen LogP contribution in [0, 0.1) is 10.9 Å². The number of unbranched alkanes of at least 4 members (excludes halogenated alkanes) is 1. The van der Waals surface area contributed by atoms with Crippen LogP contribution >= 0.6 is 22.9 Å². The predicted octanol–water partition coefficient (Wildman–Crippen LogP) is 3.29. The van der Waals surface area contributed by atoms with Gasteiger partial charge in [0.1, 0.15) is 10.7 Å². The van der Waals surface area contributed by atoms with Crippen molar-refractivity contribution in [2.24, 2.45) is 0 Å². The number of hydrogen-bond acceptors (Lipinski definition) is 6. The van der Waals surface area contributed by atoms with Crippen LogP contribution < -0.4 is 15.4 Å². The Morgan fingerprint density at radius 2 is 1.96 bits per heavy atom. The molecular formula is C14H17ClF2N4O2S2. The number of aromatic nitrogens is 1. The fraction of sp³-hybridized carbons (Fsp3) is 0.357. The average Bonchev–Trinajstić information content (AvgIpc) is 2.94. The number of nitrogens with one attached hydrogen (secondary N) is 3. The molecule has 0 aliphatic rings. The van der Waals surface area contributed by atoms with Gasteiger partial charge in [0, 0.05) is 6.54 Å². The lowest BCUT2D eigenvalue weighted by molar-refractivity contribution is 0.570. The molecule has 1 heterocycles. The highest BCUT2D eigenvalue weighted by atomic mass is 35.5. The molecule has 0 fully saturated rings. The zero-order chi connectivity index (χ0) is 18.4.